The number of halogens is 1. The molecule has 106 valence electrons. The van der Waals surface area contributed by atoms with Gasteiger partial charge in [0.15, 0.2) is 5.78 Å². The molecular formula is C17H14FNO2. The first-order valence-corrected chi connectivity index (χ1v) is 6.53. The molecule has 1 aromatic heterocycles. The predicted molar refractivity (Wildman–Crippen MR) is 77.5 cm³/mol. The number of hydrogen-bond donors (Lipinski definition) is 0. The SMILES string of the molecule is CC(C)C(=O)/C(C#N)=C/c1ccc(-c2ccccc2F)o1. The van der Waals surface area contributed by atoms with Gasteiger partial charge in [-0.1, -0.05) is 26.0 Å². The second-order valence-electron chi connectivity index (χ2n) is 4.87. The van der Waals surface area contributed by atoms with E-state index in [9.17, 15) is 9.18 Å². The number of rotatable bonds is 4. The highest BCUT2D eigenvalue weighted by atomic mass is 19.1. The third-order valence-corrected chi connectivity index (χ3v) is 2.96. The Labute approximate surface area is 122 Å². The predicted octanol–water partition coefficient (Wildman–Crippen LogP) is 4.22. The summed E-state index contributed by atoms with van der Waals surface area (Å²) in [7, 11) is 0. The molecule has 0 saturated carbocycles. The standard InChI is InChI=1S/C17H14FNO2/c1-11(2)17(20)12(10-19)9-13-7-8-16(21-13)14-5-3-4-6-15(14)18/h3-9,11H,1-2H3/b12-9+. The minimum atomic E-state index is -0.388. The number of carbonyl (C=O) groups is 1. The van der Waals surface area contributed by atoms with Crippen molar-refractivity contribution in [3.8, 4) is 17.4 Å². The van der Waals surface area contributed by atoms with E-state index < -0.39 is 0 Å². The van der Waals surface area contributed by atoms with Crippen molar-refractivity contribution in [1.29, 1.82) is 5.26 Å². The number of ketones is 1. The maximum absolute atomic E-state index is 13.7. The fourth-order valence-electron chi connectivity index (χ4n) is 1.85. The Morgan fingerprint density at radius 1 is 1.29 bits per heavy atom. The summed E-state index contributed by atoms with van der Waals surface area (Å²) in [4.78, 5) is 11.8. The van der Waals surface area contributed by atoms with E-state index >= 15 is 0 Å². The van der Waals surface area contributed by atoms with Gasteiger partial charge in [-0.05, 0) is 24.3 Å². The summed E-state index contributed by atoms with van der Waals surface area (Å²) in [5.41, 5.74) is 0.366. The molecule has 0 aliphatic rings. The third-order valence-electron chi connectivity index (χ3n) is 2.96. The van der Waals surface area contributed by atoms with Crippen molar-refractivity contribution in [2.75, 3.05) is 0 Å². The van der Waals surface area contributed by atoms with Crippen LogP contribution in [0.2, 0.25) is 0 Å². The van der Waals surface area contributed by atoms with Gasteiger partial charge in [-0.2, -0.15) is 5.26 Å². The number of nitrogens with zero attached hydrogens (tertiary/aromatic N) is 1. The summed E-state index contributed by atoms with van der Waals surface area (Å²) in [5, 5.41) is 9.03. The van der Waals surface area contributed by atoms with Crippen molar-refractivity contribution in [2.45, 2.75) is 13.8 Å². The zero-order chi connectivity index (χ0) is 15.4. The zero-order valence-electron chi connectivity index (χ0n) is 11.8. The summed E-state index contributed by atoms with van der Waals surface area (Å²) in [6, 6.07) is 11.3. The van der Waals surface area contributed by atoms with E-state index in [0.717, 1.165) is 0 Å². The molecule has 21 heavy (non-hydrogen) atoms. The van der Waals surface area contributed by atoms with Crippen molar-refractivity contribution < 1.29 is 13.6 Å². The normalized spacial score (nSPS) is 11.5. The van der Waals surface area contributed by atoms with E-state index in [-0.39, 0.29) is 23.1 Å². The van der Waals surface area contributed by atoms with E-state index in [2.05, 4.69) is 0 Å². The van der Waals surface area contributed by atoms with Crippen LogP contribution in [0.15, 0.2) is 46.4 Å². The zero-order valence-corrected chi connectivity index (χ0v) is 11.8. The number of nitriles is 1. The number of carbonyl (C=O) groups excluding carboxylic acids is 1. The molecule has 0 spiro atoms. The van der Waals surface area contributed by atoms with Gasteiger partial charge in [0.25, 0.3) is 0 Å². The largest absolute Gasteiger partial charge is 0.457 e. The number of benzene rings is 1. The lowest BCUT2D eigenvalue weighted by Crippen LogP contribution is -2.08. The van der Waals surface area contributed by atoms with E-state index in [1.165, 1.54) is 12.1 Å². The summed E-state index contributed by atoms with van der Waals surface area (Å²) in [6.45, 7) is 3.45. The van der Waals surface area contributed by atoms with Crippen LogP contribution in [0.5, 0.6) is 0 Å². The van der Waals surface area contributed by atoms with Crippen LogP contribution >= 0.6 is 0 Å². The maximum Gasteiger partial charge on any atom is 0.176 e. The van der Waals surface area contributed by atoms with Gasteiger partial charge >= 0.3 is 0 Å². The summed E-state index contributed by atoms with van der Waals surface area (Å²) < 4.78 is 19.2. The Hall–Kier alpha value is -2.67. The van der Waals surface area contributed by atoms with Gasteiger partial charge in [0.05, 0.1) is 11.1 Å². The number of Topliss-reactive ketones (excluding diaryl/α,β-unsaturated/α-hetero) is 1. The van der Waals surface area contributed by atoms with Crippen molar-refractivity contribution in [3.63, 3.8) is 0 Å². The number of allylic oxidation sites excluding steroid dienone is 1. The van der Waals surface area contributed by atoms with Crippen LogP contribution in [0.3, 0.4) is 0 Å². The summed E-state index contributed by atoms with van der Waals surface area (Å²) in [6.07, 6.45) is 1.38. The molecule has 0 radical (unpaired) electrons. The molecule has 1 aromatic carbocycles. The van der Waals surface area contributed by atoms with E-state index in [4.69, 9.17) is 9.68 Å². The second-order valence-corrected chi connectivity index (χ2v) is 4.87. The maximum atomic E-state index is 13.7. The van der Waals surface area contributed by atoms with Crippen molar-refractivity contribution in [3.05, 3.63) is 53.5 Å². The highest BCUT2D eigenvalue weighted by molar-refractivity contribution is 6.04. The second kappa shape index (κ2) is 6.19. The monoisotopic (exact) mass is 283 g/mol. The van der Waals surface area contributed by atoms with Crippen LogP contribution in [-0.4, -0.2) is 5.78 Å². The summed E-state index contributed by atoms with van der Waals surface area (Å²) >= 11 is 0. The van der Waals surface area contributed by atoms with Gasteiger partial charge in [0.1, 0.15) is 23.4 Å². The molecule has 1 heterocycles. The van der Waals surface area contributed by atoms with Gasteiger partial charge in [-0.25, -0.2) is 4.39 Å². The van der Waals surface area contributed by atoms with Crippen LogP contribution in [0.4, 0.5) is 4.39 Å². The molecule has 0 aliphatic carbocycles. The first-order chi connectivity index (χ1) is 10.0. The van der Waals surface area contributed by atoms with Gasteiger partial charge in [-0.15, -0.1) is 0 Å². The molecule has 0 aliphatic heterocycles. The Balaban J connectivity index is 2.35. The molecule has 0 fully saturated rings. The molecule has 0 atom stereocenters. The van der Waals surface area contributed by atoms with Crippen LogP contribution in [0.25, 0.3) is 17.4 Å². The van der Waals surface area contributed by atoms with Crippen LogP contribution in [-0.2, 0) is 4.79 Å². The minimum absolute atomic E-state index is 0.0273. The minimum Gasteiger partial charge on any atom is -0.457 e. The Morgan fingerprint density at radius 2 is 2.00 bits per heavy atom. The van der Waals surface area contributed by atoms with Crippen LogP contribution < -0.4 is 0 Å². The van der Waals surface area contributed by atoms with Crippen LogP contribution in [0, 0.1) is 23.1 Å². The smallest absolute Gasteiger partial charge is 0.176 e. The molecule has 2 aromatic rings. The van der Waals surface area contributed by atoms with E-state index in [1.807, 2.05) is 6.07 Å². The number of hydrogen-bond acceptors (Lipinski definition) is 3. The third kappa shape index (κ3) is 3.26. The number of furan rings is 1. The highest BCUT2D eigenvalue weighted by Gasteiger charge is 2.15. The van der Waals surface area contributed by atoms with E-state index in [1.54, 1.807) is 44.2 Å². The van der Waals surface area contributed by atoms with Gasteiger partial charge in [0, 0.05) is 12.0 Å². The van der Waals surface area contributed by atoms with Gasteiger partial charge < -0.3 is 4.42 Å². The van der Waals surface area contributed by atoms with Crippen molar-refractivity contribution in [2.24, 2.45) is 5.92 Å². The van der Waals surface area contributed by atoms with Crippen LogP contribution in [0.1, 0.15) is 19.6 Å². The molecule has 2 rings (SSSR count). The molecule has 0 saturated heterocycles. The topological polar surface area (TPSA) is 54.0 Å². The lowest BCUT2D eigenvalue weighted by Gasteiger charge is -2.01. The highest BCUT2D eigenvalue weighted by Crippen LogP contribution is 2.26. The summed E-state index contributed by atoms with van der Waals surface area (Å²) in [5.74, 6) is -0.202. The average Bonchev–Trinajstić information content (AvgIpc) is 2.92. The quantitative estimate of drug-likeness (QED) is 0.623. The molecule has 0 bridgehead atoms. The lowest BCUT2D eigenvalue weighted by molar-refractivity contribution is -0.117. The Morgan fingerprint density at radius 3 is 2.62 bits per heavy atom. The van der Waals surface area contributed by atoms with Crippen molar-refractivity contribution >= 4 is 11.9 Å². The molecule has 0 amide bonds. The fraction of sp³-hybridized carbons (Fsp3) is 0.176. The first-order valence-electron chi connectivity index (χ1n) is 6.53. The molecule has 4 heteroatoms. The van der Waals surface area contributed by atoms with Gasteiger partial charge in [-0.3, -0.25) is 4.79 Å². The Kier molecular flexibility index (Phi) is 4.34. The van der Waals surface area contributed by atoms with Crippen molar-refractivity contribution in [1.82, 2.24) is 0 Å². The average molecular weight is 283 g/mol. The molecular weight excluding hydrogens is 269 g/mol. The lowest BCUT2D eigenvalue weighted by atomic mass is 10.0. The molecule has 0 unspecified atom stereocenters. The van der Waals surface area contributed by atoms with E-state index in [0.29, 0.717) is 17.1 Å². The first kappa shape index (κ1) is 14.7. The molecule has 0 N–H and O–H groups in total. The fourth-order valence-corrected chi connectivity index (χ4v) is 1.85. The Bertz CT molecular complexity index is 735. The van der Waals surface area contributed by atoms with Gasteiger partial charge in [0.2, 0.25) is 0 Å². The molecule has 3 nitrogen and oxygen atoms in total.